The lowest BCUT2D eigenvalue weighted by Crippen LogP contribution is -2.17. The molecule has 0 aliphatic heterocycles. The molecule has 0 atom stereocenters. The summed E-state index contributed by atoms with van der Waals surface area (Å²) >= 11 is 0. The zero-order valence-electron chi connectivity index (χ0n) is 15.0. The predicted molar refractivity (Wildman–Crippen MR) is 104 cm³/mol. The van der Waals surface area contributed by atoms with Gasteiger partial charge in [-0.25, -0.2) is 0 Å². The van der Waals surface area contributed by atoms with Gasteiger partial charge in [0.15, 0.2) is 0 Å². The van der Waals surface area contributed by atoms with Crippen molar-refractivity contribution in [1.29, 1.82) is 0 Å². The first-order chi connectivity index (χ1) is 11.6. The molecule has 0 amide bonds. The second kappa shape index (κ2) is 7.63. The molecule has 0 radical (unpaired) electrons. The number of nitrogens with zero attached hydrogens (tertiary/aromatic N) is 1. The van der Waals surface area contributed by atoms with Crippen molar-refractivity contribution in [3.63, 3.8) is 0 Å². The number of hydrogen-bond acceptors (Lipinski definition) is 1. The van der Waals surface area contributed by atoms with E-state index in [9.17, 15) is 0 Å². The lowest BCUT2D eigenvalue weighted by Gasteiger charge is -2.18. The molecule has 0 aliphatic rings. The molecule has 0 N–H and O–H groups in total. The van der Waals surface area contributed by atoms with Gasteiger partial charge in [-0.05, 0) is 46.8 Å². The van der Waals surface area contributed by atoms with Crippen LogP contribution in [-0.2, 0) is 19.5 Å². The Morgan fingerprint density at radius 2 is 1.42 bits per heavy atom. The first kappa shape index (κ1) is 16.7. The van der Waals surface area contributed by atoms with Gasteiger partial charge in [-0.3, -0.25) is 4.90 Å². The highest BCUT2D eigenvalue weighted by atomic mass is 15.1. The molecule has 124 valence electrons. The van der Waals surface area contributed by atoms with Crippen molar-refractivity contribution in [1.82, 2.24) is 4.90 Å². The first-order valence-corrected chi connectivity index (χ1v) is 8.85. The average Bonchev–Trinajstić information content (AvgIpc) is 2.56. The molecule has 3 rings (SSSR count). The highest BCUT2D eigenvalue weighted by molar-refractivity contribution is 5.85. The Bertz CT molecular complexity index is 781. The number of benzene rings is 3. The number of fused-ring (bicyclic) bond motifs is 1. The van der Waals surface area contributed by atoms with Gasteiger partial charge in [0.2, 0.25) is 0 Å². The summed E-state index contributed by atoms with van der Waals surface area (Å²) < 4.78 is 0. The summed E-state index contributed by atoms with van der Waals surface area (Å²) in [5.74, 6) is 0.713. The largest absolute Gasteiger partial charge is 0.298 e. The standard InChI is InChI=1S/C23H27N/c1-18(2)15-19-11-13-20(14-12-19)16-24(3)17-22-9-6-8-21-7-4-5-10-23(21)22/h4-14,18H,15-17H2,1-3H3. The van der Waals surface area contributed by atoms with Crippen LogP contribution in [0.25, 0.3) is 10.8 Å². The van der Waals surface area contributed by atoms with Crippen LogP contribution in [-0.4, -0.2) is 11.9 Å². The van der Waals surface area contributed by atoms with E-state index in [4.69, 9.17) is 0 Å². The lowest BCUT2D eigenvalue weighted by atomic mass is 10.0. The monoisotopic (exact) mass is 317 g/mol. The molecule has 0 saturated carbocycles. The summed E-state index contributed by atoms with van der Waals surface area (Å²) in [6.45, 7) is 6.48. The molecule has 0 bridgehead atoms. The van der Waals surface area contributed by atoms with Crippen LogP contribution in [0.4, 0.5) is 0 Å². The predicted octanol–water partition coefficient (Wildman–Crippen LogP) is 5.67. The minimum atomic E-state index is 0.713. The van der Waals surface area contributed by atoms with Crippen LogP contribution in [0.2, 0.25) is 0 Å². The Kier molecular flexibility index (Phi) is 5.32. The van der Waals surface area contributed by atoms with Crippen LogP contribution in [0.5, 0.6) is 0 Å². The first-order valence-electron chi connectivity index (χ1n) is 8.85. The van der Waals surface area contributed by atoms with E-state index in [1.54, 1.807) is 0 Å². The van der Waals surface area contributed by atoms with Gasteiger partial charge in [0, 0.05) is 13.1 Å². The zero-order valence-corrected chi connectivity index (χ0v) is 15.0. The van der Waals surface area contributed by atoms with Gasteiger partial charge in [0.05, 0.1) is 0 Å². The fraction of sp³-hybridized carbons (Fsp3) is 0.304. The summed E-state index contributed by atoms with van der Waals surface area (Å²) in [4.78, 5) is 2.39. The van der Waals surface area contributed by atoms with E-state index in [-0.39, 0.29) is 0 Å². The van der Waals surface area contributed by atoms with Crippen LogP contribution in [0.1, 0.15) is 30.5 Å². The Balaban J connectivity index is 1.67. The molecule has 0 spiro atoms. The second-order valence-electron chi connectivity index (χ2n) is 7.23. The summed E-state index contributed by atoms with van der Waals surface area (Å²) in [6.07, 6.45) is 1.16. The second-order valence-corrected chi connectivity index (χ2v) is 7.23. The van der Waals surface area contributed by atoms with Gasteiger partial charge in [0.1, 0.15) is 0 Å². The SMILES string of the molecule is CC(C)Cc1ccc(CN(C)Cc2cccc3ccccc23)cc1. The number of rotatable bonds is 6. The third-order valence-electron chi connectivity index (χ3n) is 4.44. The van der Waals surface area contributed by atoms with E-state index < -0.39 is 0 Å². The third kappa shape index (κ3) is 4.24. The zero-order chi connectivity index (χ0) is 16.9. The van der Waals surface area contributed by atoms with Gasteiger partial charge >= 0.3 is 0 Å². The molecule has 1 heteroatoms. The van der Waals surface area contributed by atoms with Crippen LogP contribution in [0.15, 0.2) is 66.7 Å². The van der Waals surface area contributed by atoms with Crippen molar-refractivity contribution in [2.75, 3.05) is 7.05 Å². The maximum absolute atomic E-state index is 2.39. The Morgan fingerprint density at radius 1 is 0.750 bits per heavy atom. The highest BCUT2D eigenvalue weighted by Crippen LogP contribution is 2.20. The molecular weight excluding hydrogens is 290 g/mol. The molecule has 0 unspecified atom stereocenters. The molecule has 24 heavy (non-hydrogen) atoms. The minimum absolute atomic E-state index is 0.713. The third-order valence-corrected chi connectivity index (χ3v) is 4.44. The summed E-state index contributed by atoms with van der Waals surface area (Å²) in [5, 5.41) is 2.68. The van der Waals surface area contributed by atoms with Crippen LogP contribution >= 0.6 is 0 Å². The van der Waals surface area contributed by atoms with Gasteiger partial charge in [-0.15, -0.1) is 0 Å². The summed E-state index contributed by atoms with van der Waals surface area (Å²) in [6, 6.07) is 24.3. The topological polar surface area (TPSA) is 3.24 Å². The van der Waals surface area contributed by atoms with Gasteiger partial charge in [-0.2, -0.15) is 0 Å². The van der Waals surface area contributed by atoms with Gasteiger partial charge in [0.25, 0.3) is 0 Å². The van der Waals surface area contributed by atoms with Crippen molar-refractivity contribution in [2.45, 2.75) is 33.4 Å². The molecule has 3 aromatic rings. The van der Waals surface area contributed by atoms with E-state index in [2.05, 4.69) is 92.5 Å². The maximum Gasteiger partial charge on any atom is 0.0240 e. The molecule has 0 fully saturated rings. The van der Waals surface area contributed by atoms with E-state index in [0.717, 1.165) is 19.5 Å². The summed E-state index contributed by atoms with van der Waals surface area (Å²) in [7, 11) is 2.20. The molecule has 0 heterocycles. The molecule has 0 aromatic heterocycles. The Labute approximate surface area is 145 Å². The van der Waals surface area contributed by atoms with E-state index in [0.29, 0.717) is 5.92 Å². The molecule has 0 saturated heterocycles. The Morgan fingerprint density at radius 3 is 2.17 bits per heavy atom. The fourth-order valence-electron chi connectivity index (χ4n) is 3.34. The molecular formula is C23H27N. The van der Waals surface area contributed by atoms with Crippen molar-refractivity contribution >= 4 is 10.8 Å². The average molecular weight is 317 g/mol. The van der Waals surface area contributed by atoms with E-state index in [1.165, 1.54) is 27.5 Å². The van der Waals surface area contributed by atoms with Crippen molar-refractivity contribution in [3.8, 4) is 0 Å². The normalized spacial score (nSPS) is 11.5. The van der Waals surface area contributed by atoms with Crippen molar-refractivity contribution in [3.05, 3.63) is 83.4 Å². The van der Waals surface area contributed by atoms with Crippen LogP contribution in [0.3, 0.4) is 0 Å². The molecule has 0 aliphatic carbocycles. The summed E-state index contributed by atoms with van der Waals surface area (Å²) in [5.41, 5.74) is 4.21. The Hall–Kier alpha value is -2.12. The van der Waals surface area contributed by atoms with Crippen LogP contribution in [0, 0.1) is 5.92 Å². The smallest absolute Gasteiger partial charge is 0.0240 e. The molecule has 3 aromatic carbocycles. The van der Waals surface area contributed by atoms with E-state index in [1.807, 2.05) is 0 Å². The molecule has 1 nitrogen and oxygen atoms in total. The van der Waals surface area contributed by atoms with Crippen molar-refractivity contribution in [2.24, 2.45) is 5.92 Å². The fourth-order valence-corrected chi connectivity index (χ4v) is 3.34. The van der Waals surface area contributed by atoms with Crippen molar-refractivity contribution < 1.29 is 0 Å². The maximum atomic E-state index is 2.39. The minimum Gasteiger partial charge on any atom is -0.298 e. The quantitative estimate of drug-likeness (QED) is 0.566. The van der Waals surface area contributed by atoms with Gasteiger partial charge in [-0.1, -0.05) is 80.6 Å². The highest BCUT2D eigenvalue weighted by Gasteiger charge is 2.06. The van der Waals surface area contributed by atoms with E-state index >= 15 is 0 Å². The van der Waals surface area contributed by atoms with Gasteiger partial charge < -0.3 is 0 Å². The number of hydrogen-bond donors (Lipinski definition) is 0. The van der Waals surface area contributed by atoms with Crippen LogP contribution < -0.4 is 0 Å². The lowest BCUT2D eigenvalue weighted by molar-refractivity contribution is 0.320.